The highest BCUT2D eigenvalue weighted by Crippen LogP contribution is 2.21. The van der Waals surface area contributed by atoms with Crippen LogP contribution in [0.3, 0.4) is 0 Å². The standard InChI is InChI=1S/C22H19N3O4S/c1-13(2)28-17-9-7-16(8-10-17)20-23-22-25(24-20)21(27)19(30-22)12-15-5-4-6-18(11-15)29-14(3)26/h4-13H,1-3H3/b19-12-. The van der Waals surface area contributed by atoms with Crippen LogP contribution in [0.25, 0.3) is 22.4 Å². The Morgan fingerprint density at radius 1 is 1.13 bits per heavy atom. The fourth-order valence-corrected chi connectivity index (χ4v) is 3.80. The Morgan fingerprint density at radius 2 is 1.90 bits per heavy atom. The van der Waals surface area contributed by atoms with E-state index in [4.69, 9.17) is 9.47 Å². The number of esters is 1. The summed E-state index contributed by atoms with van der Waals surface area (Å²) in [6, 6.07) is 14.4. The van der Waals surface area contributed by atoms with E-state index in [1.165, 1.54) is 22.8 Å². The van der Waals surface area contributed by atoms with Gasteiger partial charge in [0.15, 0.2) is 5.82 Å². The lowest BCUT2D eigenvalue weighted by atomic mass is 10.2. The molecule has 0 aliphatic rings. The molecule has 4 aromatic rings. The van der Waals surface area contributed by atoms with Gasteiger partial charge in [-0.15, -0.1) is 5.10 Å². The van der Waals surface area contributed by atoms with Gasteiger partial charge >= 0.3 is 5.97 Å². The van der Waals surface area contributed by atoms with Crippen LogP contribution in [0.15, 0.2) is 53.3 Å². The van der Waals surface area contributed by atoms with Gasteiger partial charge in [0, 0.05) is 12.5 Å². The van der Waals surface area contributed by atoms with E-state index >= 15 is 0 Å². The second kappa shape index (κ2) is 8.08. The zero-order valence-corrected chi connectivity index (χ0v) is 17.5. The van der Waals surface area contributed by atoms with E-state index < -0.39 is 5.97 Å². The molecule has 0 saturated carbocycles. The topological polar surface area (TPSA) is 82.8 Å². The number of aromatic nitrogens is 3. The van der Waals surface area contributed by atoms with E-state index in [2.05, 4.69) is 10.1 Å². The van der Waals surface area contributed by atoms with Gasteiger partial charge in [-0.25, -0.2) is 0 Å². The molecule has 0 amide bonds. The van der Waals surface area contributed by atoms with Crippen molar-refractivity contribution in [2.75, 3.05) is 0 Å². The summed E-state index contributed by atoms with van der Waals surface area (Å²) < 4.78 is 12.5. The number of hydrogen-bond acceptors (Lipinski definition) is 7. The monoisotopic (exact) mass is 421 g/mol. The van der Waals surface area contributed by atoms with Gasteiger partial charge < -0.3 is 9.47 Å². The van der Waals surface area contributed by atoms with Gasteiger partial charge in [-0.05, 0) is 61.9 Å². The smallest absolute Gasteiger partial charge is 0.308 e. The molecule has 0 aliphatic carbocycles. The summed E-state index contributed by atoms with van der Waals surface area (Å²) in [5, 5.41) is 4.37. The minimum atomic E-state index is -0.396. The highest BCUT2D eigenvalue weighted by atomic mass is 32.1. The molecule has 0 N–H and O–H groups in total. The maximum absolute atomic E-state index is 12.7. The summed E-state index contributed by atoms with van der Waals surface area (Å²) >= 11 is 1.25. The lowest BCUT2D eigenvalue weighted by Gasteiger charge is -2.09. The third-order valence-electron chi connectivity index (χ3n) is 4.08. The first kappa shape index (κ1) is 19.8. The Hall–Kier alpha value is -3.52. The molecule has 152 valence electrons. The van der Waals surface area contributed by atoms with E-state index in [1.54, 1.807) is 24.3 Å². The van der Waals surface area contributed by atoms with E-state index in [0.717, 1.165) is 16.9 Å². The number of fused-ring (bicyclic) bond motifs is 1. The Labute approximate surface area is 176 Å². The Balaban J connectivity index is 1.65. The van der Waals surface area contributed by atoms with Crippen LogP contribution in [0.1, 0.15) is 26.3 Å². The molecule has 4 rings (SSSR count). The van der Waals surface area contributed by atoms with Crippen molar-refractivity contribution < 1.29 is 14.3 Å². The van der Waals surface area contributed by atoms with Crippen molar-refractivity contribution in [3.63, 3.8) is 0 Å². The number of benzene rings is 2. The average Bonchev–Trinajstić information content (AvgIpc) is 3.22. The number of ether oxygens (including phenoxy) is 2. The largest absolute Gasteiger partial charge is 0.491 e. The van der Waals surface area contributed by atoms with Gasteiger partial charge in [0.1, 0.15) is 11.5 Å². The summed E-state index contributed by atoms with van der Waals surface area (Å²) in [5.41, 5.74) is 1.31. The number of rotatable bonds is 5. The molecule has 0 bridgehead atoms. The summed E-state index contributed by atoms with van der Waals surface area (Å²) in [5.74, 6) is 1.28. The molecule has 0 fully saturated rings. The van der Waals surface area contributed by atoms with Crippen LogP contribution in [-0.2, 0) is 4.79 Å². The maximum atomic E-state index is 12.7. The quantitative estimate of drug-likeness (QED) is 0.364. The zero-order chi connectivity index (χ0) is 21.3. The van der Waals surface area contributed by atoms with Gasteiger partial charge in [0.05, 0.1) is 10.6 Å². The van der Waals surface area contributed by atoms with Crippen molar-refractivity contribution in [2.24, 2.45) is 0 Å². The van der Waals surface area contributed by atoms with Crippen LogP contribution in [0.5, 0.6) is 11.5 Å². The van der Waals surface area contributed by atoms with Crippen molar-refractivity contribution in [3.05, 3.63) is 69.0 Å². The Bertz CT molecular complexity index is 1320. The van der Waals surface area contributed by atoms with Gasteiger partial charge in [0.2, 0.25) is 4.96 Å². The predicted molar refractivity (Wildman–Crippen MR) is 115 cm³/mol. The molecule has 0 spiro atoms. The van der Waals surface area contributed by atoms with E-state index in [1.807, 2.05) is 44.2 Å². The molecule has 2 heterocycles. The molecular formula is C22H19N3O4S. The maximum Gasteiger partial charge on any atom is 0.308 e. The second-order valence-electron chi connectivity index (χ2n) is 6.90. The summed E-state index contributed by atoms with van der Waals surface area (Å²) in [6.45, 7) is 5.28. The third kappa shape index (κ3) is 4.23. The lowest BCUT2D eigenvalue weighted by Crippen LogP contribution is -2.23. The van der Waals surface area contributed by atoms with E-state index in [9.17, 15) is 9.59 Å². The van der Waals surface area contributed by atoms with Gasteiger partial charge in [-0.1, -0.05) is 23.5 Å². The SMILES string of the molecule is CC(=O)Oc1cccc(/C=c2\sc3nc(-c4ccc(OC(C)C)cc4)nn3c2=O)c1. The molecule has 0 saturated heterocycles. The van der Waals surface area contributed by atoms with Crippen molar-refractivity contribution in [3.8, 4) is 22.9 Å². The van der Waals surface area contributed by atoms with Crippen LogP contribution < -0.4 is 19.6 Å². The van der Waals surface area contributed by atoms with Crippen LogP contribution >= 0.6 is 11.3 Å². The number of carbonyl (C=O) groups is 1. The van der Waals surface area contributed by atoms with E-state index in [-0.39, 0.29) is 11.7 Å². The van der Waals surface area contributed by atoms with Crippen LogP contribution in [0, 0.1) is 0 Å². The first-order valence-electron chi connectivity index (χ1n) is 9.36. The normalized spacial score (nSPS) is 11.9. The molecule has 0 radical (unpaired) electrons. The van der Waals surface area contributed by atoms with Gasteiger partial charge in [0.25, 0.3) is 5.56 Å². The molecule has 0 atom stereocenters. The second-order valence-corrected chi connectivity index (χ2v) is 7.91. The van der Waals surface area contributed by atoms with Gasteiger partial charge in [-0.2, -0.15) is 9.50 Å². The Morgan fingerprint density at radius 3 is 2.57 bits per heavy atom. The van der Waals surface area contributed by atoms with Crippen LogP contribution in [0.4, 0.5) is 0 Å². The van der Waals surface area contributed by atoms with Crippen molar-refractivity contribution >= 4 is 28.3 Å². The minimum absolute atomic E-state index is 0.0966. The number of hydrogen-bond donors (Lipinski definition) is 0. The summed E-state index contributed by atoms with van der Waals surface area (Å²) in [4.78, 5) is 28.9. The van der Waals surface area contributed by atoms with Crippen LogP contribution in [0.2, 0.25) is 0 Å². The molecule has 0 aliphatic heterocycles. The zero-order valence-electron chi connectivity index (χ0n) is 16.7. The van der Waals surface area contributed by atoms with E-state index in [0.29, 0.717) is 21.1 Å². The first-order valence-corrected chi connectivity index (χ1v) is 10.2. The fraction of sp³-hybridized carbons (Fsp3) is 0.182. The number of thiazole rings is 1. The van der Waals surface area contributed by atoms with Crippen LogP contribution in [-0.4, -0.2) is 26.7 Å². The molecule has 0 unspecified atom stereocenters. The number of carbonyl (C=O) groups excluding carboxylic acids is 1. The van der Waals surface area contributed by atoms with Gasteiger partial charge in [-0.3, -0.25) is 9.59 Å². The molecule has 2 aromatic heterocycles. The molecule has 30 heavy (non-hydrogen) atoms. The number of nitrogens with zero attached hydrogens (tertiary/aromatic N) is 3. The minimum Gasteiger partial charge on any atom is -0.491 e. The first-order chi connectivity index (χ1) is 14.4. The highest BCUT2D eigenvalue weighted by Gasteiger charge is 2.12. The third-order valence-corrected chi connectivity index (χ3v) is 5.04. The molecule has 7 nitrogen and oxygen atoms in total. The molecular weight excluding hydrogens is 402 g/mol. The summed E-state index contributed by atoms with van der Waals surface area (Å²) in [7, 11) is 0. The Kier molecular flexibility index (Phi) is 5.33. The van der Waals surface area contributed by atoms with Crippen molar-refractivity contribution in [1.82, 2.24) is 14.6 Å². The molecule has 8 heteroatoms. The average molecular weight is 421 g/mol. The molecule has 2 aromatic carbocycles. The lowest BCUT2D eigenvalue weighted by molar-refractivity contribution is -0.131. The predicted octanol–water partition coefficient (Wildman–Crippen LogP) is 3.08. The highest BCUT2D eigenvalue weighted by molar-refractivity contribution is 7.15. The van der Waals surface area contributed by atoms with Crippen molar-refractivity contribution in [2.45, 2.75) is 26.9 Å². The van der Waals surface area contributed by atoms with Crippen molar-refractivity contribution in [1.29, 1.82) is 0 Å². The fourth-order valence-electron chi connectivity index (χ4n) is 2.90. The summed E-state index contributed by atoms with van der Waals surface area (Å²) in [6.07, 6.45) is 1.83.